The summed E-state index contributed by atoms with van der Waals surface area (Å²) in [4.78, 5) is 11.6. The van der Waals surface area contributed by atoms with E-state index in [0.29, 0.717) is 11.5 Å². The summed E-state index contributed by atoms with van der Waals surface area (Å²) in [5.41, 5.74) is 0.230. The fraction of sp³-hybridized carbons (Fsp3) is 0.389. The molecule has 0 aliphatic rings. The van der Waals surface area contributed by atoms with Crippen molar-refractivity contribution in [3.63, 3.8) is 0 Å². The molecule has 160 valence electrons. The first-order chi connectivity index (χ1) is 13.6. The van der Waals surface area contributed by atoms with Gasteiger partial charge in [0.05, 0.1) is 24.3 Å². The zero-order valence-electron chi connectivity index (χ0n) is 16.3. The number of sulfonamides is 1. The molecular formula is C18H23NO8S2. The van der Waals surface area contributed by atoms with E-state index in [2.05, 4.69) is 9.46 Å². The topological polar surface area (TPSA) is 129 Å². The van der Waals surface area contributed by atoms with E-state index in [9.17, 15) is 21.6 Å². The highest BCUT2D eigenvalue weighted by Gasteiger charge is 2.18. The van der Waals surface area contributed by atoms with Crippen LogP contribution in [0.2, 0.25) is 0 Å². The van der Waals surface area contributed by atoms with Crippen molar-refractivity contribution in [2.75, 3.05) is 25.2 Å². The minimum Gasteiger partial charge on any atom is -0.493 e. The van der Waals surface area contributed by atoms with Gasteiger partial charge in [-0.25, -0.2) is 26.4 Å². The SMILES string of the molecule is CCS(=O)(=O)CCOc1ccc(S(=O)(=O)NCc2cc(C(=O)OC)c(C)o2)cc1. The molecule has 0 aliphatic carbocycles. The Morgan fingerprint density at radius 2 is 1.79 bits per heavy atom. The monoisotopic (exact) mass is 445 g/mol. The van der Waals surface area contributed by atoms with Gasteiger partial charge in [-0.1, -0.05) is 6.92 Å². The lowest BCUT2D eigenvalue weighted by Crippen LogP contribution is -2.23. The quantitative estimate of drug-likeness (QED) is 0.547. The maximum Gasteiger partial charge on any atom is 0.341 e. The Morgan fingerprint density at radius 3 is 2.38 bits per heavy atom. The van der Waals surface area contributed by atoms with Crippen LogP contribution in [-0.4, -0.2) is 48.0 Å². The minimum atomic E-state index is -3.83. The Labute approximate surface area is 170 Å². The van der Waals surface area contributed by atoms with Crippen LogP contribution in [0.1, 0.15) is 28.8 Å². The summed E-state index contributed by atoms with van der Waals surface area (Å²) >= 11 is 0. The molecule has 0 saturated carbocycles. The van der Waals surface area contributed by atoms with Gasteiger partial charge in [0.25, 0.3) is 0 Å². The second kappa shape index (κ2) is 9.42. The molecule has 1 aromatic heterocycles. The number of benzene rings is 1. The van der Waals surface area contributed by atoms with Crippen molar-refractivity contribution in [3.05, 3.63) is 47.4 Å². The number of esters is 1. The summed E-state index contributed by atoms with van der Waals surface area (Å²) < 4.78 is 65.4. The molecule has 1 aromatic carbocycles. The van der Waals surface area contributed by atoms with Crippen LogP contribution in [0.25, 0.3) is 0 Å². The molecule has 0 fully saturated rings. The number of furan rings is 1. The maximum atomic E-state index is 12.4. The number of methoxy groups -OCH3 is 1. The van der Waals surface area contributed by atoms with Crippen molar-refractivity contribution >= 4 is 25.8 Å². The molecule has 0 unspecified atom stereocenters. The fourth-order valence-corrected chi connectivity index (χ4v) is 3.96. The van der Waals surface area contributed by atoms with Crippen LogP contribution in [-0.2, 0) is 31.1 Å². The lowest BCUT2D eigenvalue weighted by Gasteiger charge is -2.08. The third kappa shape index (κ3) is 6.31. The molecule has 0 aliphatic heterocycles. The van der Waals surface area contributed by atoms with Gasteiger partial charge in [-0.15, -0.1) is 0 Å². The lowest BCUT2D eigenvalue weighted by molar-refractivity contribution is 0.0598. The van der Waals surface area contributed by atoms with Gasteiger partial charge in [0, 0.05) is 5.75 Å². The Hall–Kier alpha value is -2.37. The number of aryl methyl sites for hydroxylation is 1. The number of carbonyl (C=O) groups excluding carboxylic acids is 1. The first kappa shape index (κ1) is 22.9. The predicted molar refractivity (Wildman–Crippen MR) is 105 cm³/mol. The van der Waals surface area contributed by atoms with Crippen molar-refractivity contribution < 1.29 is 35.5 Å². The summed E-state index contributed by atoms with van der Waals surface area (Å²) in [7, 11) is -5.72. The Balaban J connectivity index is 1.98. The van der Waals surface area contributed by atoms with E-state index in [0.717, 1.165) is 0 Å². The van der Waals surface area contributed by atoms with Crippen LogP contribution in [0.5, 0.6) is 5.75 Å². The van der Waals surface area contributed by atoms with Crippen LogP contribution >= 0.6 is 0 Å². The smallest absolute Gasteiger partial charge is 0.341 e. The molecule has 1 N–H and O–H groups in total. The van der Waals surface area contributed by atoms with Crippen LogP contribution < -0.4 is 9.46 Å². The van der Waals surface area contributed by atoms with E-state index in [4.69, 9.17) is 9.15 Å². The minimum absolute atomic E-state index is 0.00231. The molecule has 0 atom stereocenters. The number of ether oxygens (including phenoxy) is 2. The summed E-state index contributed by atoms with van der Waals surface area (Å²) in [6.07, 6.45) is 0. The first-order valence-electron chi connectivity index (χ1n) is 8.68. The molecule has 1 heterocycles. The van der Waals surface area contributed by atoms with Gasteiger partial charge in [0.15, 0.2) is 9.84 Å². The van der Waals surface area contributed by atoms with Crippen LogP contribution in [0.4, 0.5) is 0 Å². The van der Waals surface area contributed by atoms with Crippen molar-refractivity contribution in [1.82, 2.24) is 4.72 Å². The Kier molecular flexibility index (Phi) is 7.44. The predicted octanol–water partition coefficient (Wildman–Crippen LogP) is 1.67. The number of nitrogens with one attached hydrogen (secondary N) is 1. The summed E-state index contributed by atoms with van der Waals surface area (Å²) in [6, 6.07) is 7.00. The highest BCUT2D eigenvalue weighted by molar-refractivity contribution is 7.91. The highest BCUT2D eigenvalue weighted by Crippen LogP contribution is 2.18. The van der Waals surface area contributed by atoms with E-state index in [-0.39, 0.29) is 40.9 Å². The van der Waals surface area contributed by atoms with Gasteiger partial charge in [-0.05, 0) is 37.3 Å². The third-order valence-electron chi connectivity index (χ3n) is 4.05. The molecule has 29 heavy (non-hydrogen) atoms. The molecule has 0 amide bonds. The normalized spacial score (nSPS) is 12.0. The molecule has 0 radical (unpaired) electrons. The van der Waals surface area contributed by atoms with Gasteiger partial charge in [-0.3, -0.25) is 0 Å². The average molecular weight is 446 g/mol. The average Bonchev–Trinajstić information content (AvgIpc) is 3.07. The molecule has 2 aromatic rings. The van der Waals surface area contributed by atoms with E-state index < -0.39 is 25.8 Å². The molecule has 2 rings (SSSR count). The van der Waals surface area contributed by atoms with Crippen LogP contribution in [0, 0.1) is 6.92 Å². The number of carbonyl (C=O) groups is 1. The van der Waals surface area contributed by atoms with E-state index in [1.807, 2.05) is 0 Å². The molecule has 0 saturated heterocycles. The molecular weight excluding hydrogens is 422 g/mol. The van der Waals surface area contributed by atoms with Gasteiger partial charge in [-0.2, -0.15) is 0 Å². The van der Waals surface area contributed by atoms with E-state index >= 15 is 0 Å². The first-order valence-corrected chi connectivity index (χ1v) is 12.0. The molecule has 11 heteroatoms. The Morgan fingerprint density at radius 1 is 1.14 bits per heavy atom. The van der Waals surface area contributed by atoms with Gasteiger partial charge in [0.1, 0.15) is 29.4 Å². The number of sulfone groups is 1. The van der Waals surface area contributed by atoms with Gasteiger partial charge < -0.3 is 13.9 Å². The van der Waals surface area contributed by atoms with E-state index in [1.165, 1.54) is 37.4 Å². The number of hydrogen-bond donors (Lipinski definition) is 1. The molecule has 9 nitrogen and oxygen atoms in total. The van der Waals surface area contributed by atoms with E-state index in [1.54, 1.807) is 13.8 Å². The van der Waals surface area contributed by atoms with Crippen molar-refractivity contribution in [2.24, 2.45) is 0 Å². The molecule has 0 bridgehead atoms. The fourth-order valence-electron chi connectivity index (χ4n) is 2.34. The zero-order chi connectivity index (χ0) is 21.7. The number of rotatable bonds is 10. The zero-order valence-corrected chi connectivity index (χ0v) is 17.9. The summed E-state index contributed by atoms with van der Waals surface area (Å²) in [5, 5.41) is 0. The third-order valence-corrected chi connectivity index (χ3v) is 7.13. The standard InChI is InChI=1S/C18H23NO8S2/c1-4-28(21,22)10-9-26-14-5-7-16(8-6-14)29(23,24)19-12-15-11-17(13(2)27-15)18(20)25-3/h5-8,11,19H,4,9-10,12H2,1-3H3. The van der Waals surface area contributed by atoms with Crippen LogP contribution in [0.3, 0.4) is 0 Å². The van der Waals surface area contributed by atoms with Crippen molar-refractivity contribution in [1.29, 1.82) is 0 Å². The summed E-state index contributed by atoms with van der Waals surface area (Å²) in [5.74, 6) is 0.319. The Bertz CT molecular complexity index is 1050. The van der Waals surface area contributed by atoms with Gasteiger partial charge in [0.2, 0.25) is 10.0 Å². The second-order valence-corrected chi connectivity index (χ2v) is 10.3. The molecule has 0 spiro atoms. The summed E-state index contributed by atoms with van der Waals surface area (Å²) in [6.45, 7) is 2.98. The lowest BCUT2D eigenvalue weighted by atomic mass is 10.2. The second-order valence-electron chi connectivity index (χ2n) is 6.05. The van der Waals surface area contributed by atoms with Crippen molar-refractivity contribution in [2.45, 2.75) is 25.3 Å². The number of hydrogen-bond acceptors (Lipinski definition) is 8. The highest BCUT2D eigenvalue weighted by atomic mass is 32.2. The van der Waals surface area contributed by atoms with Gasteiger partial charge >= 0.3 is 5.97 Å². The largest absolute Gasteiger partial charge is 0.493 e. The van der Waals surface area contributed by atoms with Crippen LogP contribution in [0.15, 0.2) is 39.6 Å². The van der Waals surface area contributed by atoms with Crippen molar-refractivity contribution in [3.8, 4) is 5.75 Å². The maximum absolute atomic E-state index is 12.4.